The van der Waals surface area contributed by atoms with E-state index in [-0.39, 0.29) is 0 Å². The molecule has 0 nitrogen and oxygen atoms in total. The first-order valence-corrected chi connectivity index (χ1v) is 9.24. The summed E-state index contributed by atoms with van der Waals surface area (Å²) in [4.78, 5) is 0. The van der Waals surface area contributed by atoms with Crippen LogP contribution in [-0.2, 0) is 0 Å². The Morgan fingerprint density at radius 3 is 1.74 bits per heavy atom. The molecule has 0 saturated carbocycles. The van der Waals surface area contributed by atoms with E-state index in [2.05, 4.69) is 104 Å². The van der Waals surface area contributed by atoms with E-state index in [9.17, 15) is 0 Å². The zero-order valence-electron chi connectivity index (χ0n) is 15.5. The van der Waals surface area contributed by atoms with Crippen LogP contribution in [0.25, 0.3) is 38.6 Å². The third-order valence-electron chi connectivity index (χ3n) is 4.99. The summed E-state index contributed by atoms with van der Waals surface area (Å²) >= 11 is 0. The van der Waals surface area contributed by atoms with Crippen molar-refractivity contribution in [2.75, 3.05) is 0 Å². The summed E-state index contributed by atoms with van der Waals surface area (Å²) in [6.45, 7) is 5.90. The lowest BCUT2D eigenvalue weighted by Gasteiger charge is -2.13. The van der Waals surface area contributed by atoms with E-state index < -0.39 is 0 Å². The van der Waals surface area contributed by atoms with Crippen LogP contribution in [0, 0.1) is 0 Å². The number of benzene rings is 4. The van der Waals surface area contributed by atoms with Crippen LogP contribution in [0.15, 0.2) is 110 Å². The van der Waals surface area contributed by atoms with Crippen molar-refractivity contribution < 1.29 is 0 Å². The first-order chi connectivity index (χ1) is 13.3. The summed E-state index contributed by atoms with van der Waals surface area (Å²) < 4.78 is 0. The Labute approximate surface area is 161 Å². The van der Waals surface area contributed by atoms with Crippen LogP contribution in [0.4, 0.5) is 0 Å². The van der Waals surface area contributed by atoms with Crippen LogP contribution in [0.1, 0.15) is 12.5 Å². The van der Waals surface area contributed by atoms with Crippen LogP contribution < -0.4 is 0 Å². The summed E-state index contributed by atoms with van der Waals surface area (Å²) in [6.07, 6.45) is 3.88. The Bertz CT molecular complexity index is 1110. The summed E-state index contributed by atoms with van der Waals surface area (Å²) in [7, 11) is 0. The number of allylic oxidation sites excluding steroid dienone is 3. The van der Waals surface area contributed by atoms with Crippen molar-refractivity contribution in [3.63, 3.8) is 0 Å². The van der Waals surface area contributed by atoms with Crippen molar-refractivity contribution in [2.24, 2.45) is 0 Å². The Kier molecular flexibility index (Phi) is 4.72. The molecule has 0 radical (unpaired) electrons. The highest BCUT2D eigenvalue weighted by Crippen LogP contribution is 2.36. The van der Waals surface area contributed by atoms with Crippen molar-refractivity contribution in [2.45, 2.75) is 6.92 Å². The van der Waals surface area contributed by atoms with Crippen LogP contribution in [0.5, 0.6) is 0 Å². The van der Waals surface area contributed by atoms with Gasteiger partial charge in [-0.2, -0.15) is 0 Å². The first kappa shape index (κ1) is 17.1. The van der Waals surface area contributed by atoms with Gasteiger partial charge in [0.1, 0.15) is 0 Å². The summed E-state index contributed by atoms with van der Waals surface area (Å²) in [5.74, 6) is 0. The lowest BCUT2D eigenvalue weighted by Crippen LogP contribution is -1.88. The molecule has 0 spiro atoms. The quantitative estimate of drug-likeness (QED) is 0.331. The molecule has 130 valence electrons. The lowest BCUT2D eigenvalue weighted by molar-refractivity contribution is 1.55. The molecule has 0 aliphatic carbocycles. The Hall–Kier alpha value is -3.38. The average Bonchev–Trinajstić information content (AvgIpc) is 2.74. The molecule has 0 saturated heterocycles. The van der Waals surface area contributed by atoms with Crippen molar-refractivity contribution in [1.82, 2.24) is 0 Å². The fraction of sp³-hybridized carbons (Fsp3) is 0.0370. The summed E-state index contributed by atoms with van der Waals surface area (Å²) in [6, 6.07) is 32.6. The summed E-state index contributed by atoms with van der Waals surface area (Å²) in [5, 5.41) is 2.53. The second-order valence-corrected chi connectivity index (χ2v) is 6.77. The van der Waals surface area contributed by atoms with Crippen molar-refractivity contribution in [3.05, 3.63) is 115 Å². The lowest BCUT2D eigenvalue weighted by atomic mass is 9.91. The molecule has 0 aliphatic heterocycles. The number of hydrogen-bond acceptors (Lipinski definition) is 0. The SMILES string of the molecule is C=CC=C(C)c1ccc(-c2cc3ccccc3cc2-c2ccccc2)cc1. The smallest absolute Gasteiger partial charge is 0.00990 e. The molecule has 0 amide bonds. The van der Waals surface area contributed by atoms with Crippen LogP contribution >= 0.6 is 0 Å². The highest BCUT2D eigenvalue weighted by molar-refractivity contribution is 5.96. The van der Waals surface area contributed by atoms with Crippen LogP contribution in [-0.4, -0.2) is 0 Å². The van der Waals surface area contributed by atoms with Crippen molar-refractivity contribution in [1.29, 1.82) is 0 Å². The Balaban J connectivity index is 1.89. The first-order valence-electron chi connectivity index (χ1n) is 9.24. The molecule has 0 heteroatoms. The maximum atomic E-state index is 3.79. The van der Waals surface area contributed by atoms with Gasteiger partial charge >= 0.3 is 0 Å². The Morgan fingerprint density at radius 1 is 0.667 bits per heavy atom. The largest absolute Gasteiger partial charge is 0.0991 e. The zero-order valence-corrected chi connectivity index (χ0v) is 15.5. The molecule has 0 N–H and O–H groups in total. The maximum Gasteiger partial charge on any atom is -0.00990 e. The molecule has 0 atom stereocenters. The predicted octanol–water partition coefficient (Wildman–Crippen LogP) is 7.76. The molecule has 4 aromatic rings. The van der Waals surface area contributed by atoms with E-state index in [1.165, 1.54) is 44.2 Å². The van der Waals surface area contributed by atoms with E-state index in [1.807, 2.05) is 12.2 Å². The van der Waals surface area contributed by atoms with E-state index in [4.69, 9.17) is 0 Å². The molecular formula is C27H22. The number of fused-ring (bicyclic) bond motifs is 1. The minimum absolute atomic E-state index is 1.22. The third-order valence-corrected chi connectivity index (χ3v) is 4.99. The normalized spacial score (nSPS) is 11.5. The molecule has 0 bridgehead atoms. The molecule has 0 unspecified atom stereocenters. The van der Waals surface area contributed by atoms with E-state index in [1.54, 1.807) is 0 Å². The second kappa shape index (κ2) is 7.47. The molecule has 27 heavy (non-hydrogen) atoms. The fourth-order valence-corrected chi connectivity index (χ4v) is 3.52. The van der Waals surface area contributed by atoms with E-state index in [0.717, 1.165) is 0 Å². The molecule has 4 rings (SSSR count). The van der Waals surface area contributed by atoms with Crippen molar-refractivity contribution >= 4 is 16.3 Å². The fourth-order valence-electron chi connectivity index (χ4n) is 3.52. The topological polar surface area (TPSA) is 0 Å². The molecule has 0 aliphatic rings. The van der Waals surface area contributed by atoms with Gasteiger partial charge < -0.3 is 0 Å². The summed E-state index contributed by atoms with van der Waals surface area (Å²) in [5.41, 5.74) is 7.44. The van der Waals surface area contributed by atoms with Gasteiger partial charge in [0.15, 0.2) is 0 Å². The van der Waals surface area contributed by atoms with Gasteiger partial charge in [-0.3, -0.25) is 0 Å². The molecule has 4 aromatic carbocycles. The highest BCUT2D eigenvalue weighted by atomic mass is 14.1. The molecule has 0 heterocycles. The average molecular weight is 346 g/mol. The van der Waals surface area contributed by atoms with E-state index in [0.29, 0.717) is 0 Å². The molecule has 0 aromatic heterocycles. The minimum atomic E-state index is 1.22. The van der Waals surface area contributed by atoms with Gasteiger partial charge in [-0.1, -0.05) is 97.6 Å². The van der Waals surface area contributed by atoms with Crippen LogP contribution in [0.2, 0.25) is 0 Å². The monoisotopic (exact) mass is 346 g/mol. The van der Waals surface area contributed by atoms with Gasteiger partial charge in [-0.05, 0) is 63.2 Å². The van der Waals surface area contributed by atoms with Gasteiger partial charge in [0.2, 0.25) is 0 Å². The second-order valence-electron chi connectivity index (χ2n) is 6.77. The van der Waals surface area contributed by atoms with Gasteiger partial charge in [0.25, 0.3) is 0 Å². The number of hydrogen-bond donors (Lipinski definition) is 0. The van der Waals surface area contributed by atoms with Gasteiger partial charge in [0, 0.05) is 0 Å². The standard InChI is InChI=1S/C27H22/c1-3-9-20(2)21-14-16-23(17-15-21)27-19-25-13-8-7-12-24(25)18-26(27)22-10-5-4-6-11-22/h3-19H,1H2,2H3. The number of rotatable bonds is 4. The zero-order chi connectivity index (χ0) is 18.6. The van der Waals surface area contributed by atoms with Gasteiger partial charge in [0.05, 0.1) is 0 Å². The van der Waals surface area contributed by atoms with E-state index >= 15 is 0 Å². The Morgan fingerprint density at radius 2 is 1.19 bits per heavy atom. The van der Waals surface area contributed by atoms with Gasteiger partial charge in [-0.25, -0.2) is 0 Å². The van der Waals surface area contributed by atoms with Gasteiger partial charge in [-0.15, -0.1) is 0 Å². The van der Waals surface area contributed by atoms with Crippen molar-refractivity contribution in [3.8, 4) is 22.3 Å². The molecule has 0 fully saturated rings. The third kappa shape index (κ3) is 3.47. The van der Waals surface area contributed by atoms with Crippen LogP contribution in [0.3, 0.4) is 0 Å². The highest BCUT2D eigenvalue weighted by Gasteiger charge is 2.10. The molecular weight excluding hydrogens is 324 g/mol. The predicted molar refractivity (Wildman–Crippen MR) is 119 cm³/mol. The minimum Gasteiger partial charge on any atom is -0.0991 e. The maximum absolute atomic E-state index is 3.79.